The molecule has 2 aliphatic heterocycles. The Bertz CT molecular complexity index is 851. The highest BCUT2D eigenvalue weighted by atomic mass is 16.5. The molecule has 0 aliphatic carbocycles. The summed E-state index contributed by atoms with van der Waals surface area (Å²) in [5.74, 6) is 2.01. The van der Waals surface area contributed by atoms with E-state index in [0.717, 1.165) is 39.0 Å². The molecule has 0 saturated carbocycles. The number of anilines is 2. The van der Waals surface area contributed by atoms with Crippen LogP contribution in [0.15, 0.2) is 18.3 Å². The lowest BCUT2D eigenvalue weighted by Gasteiger charge is -2.28. The fourth-order valence-electron chi connectivity index (χ4n) is 3.36. The van der Waals surface area contributed by atoms with Crippen LogP contribution >= 0.6 is 0 Å². The van der Waals surface area contributed by atoms with Crippen LogP contribution in [0.2, 0.25) is 0 Å². The predicted octanol–water partition coefficient (Wildman–Crippen LogP) is 0.642. The molecule has 29 heavy (non-hydrogen) atoms. The molecule has 2 aromatic heterocycles. The van der Waals surface area contributed by atoms with Crippen molar-refractivity contribution in [2.45, 2.75) is 19.4 Å². The fraction of sp³-hybridized carbons (Fsp3) is 0.526. The predicted molar refractivity (Wildman–Crippen MR) is 106 cm³/mol. The van der Waals surface area contributed by atoms with Crippen molar-refractivity contribution >= 4 is 17.8 Å². The van der Waals surface area contributed by atoms with Crippen LogP contribution in [-0.4, -0.2) is 72.3 Å². The molecule has 0 atom stereocenters. The minimum absolute atomic E-state index is 0.212. The number of hydrogen-bond donors (Lipinski definition) is 1. The molecule has 4 heterocycles. The second-order valence-corrected chi connectivity index (χ2v) is 6.91. The van der Waals surface area contributed by atoms with Crippen LogP contribution in [0.4, 0.5) is 11.9 Å². The average Bonchev–Trinajstić information content (AvgIpc) is 3.33. The standard InChI is InChI=1S/C19H25N7O3/c1-28-16-12-14(4-5-20-16)17(27)21-13-15-22-18(25-6-2-3-7-25)24-19(23-15)26-8-10-29-11-9-26/h4-5,12H,2-3,6-11,13H2,1H3,(H,21,27). The van der Waals surface area contributed by atoms with Gasteiger partial charge in [0.1, 0.15) is 0 Å². The molecule has 0 spiro atoms. The molecule has 2 saturated heterocycles. The maximum atomic E-state index is 12.5. The summed E-state index contributed by atoms with van der Waals surface area (Å²) in [6.07, 6.45) is 3.81. The van der Waals surface area contributed by atoms with Crippen LogP contribution in [0, 0.1) is 0 Å². The molecule has 2 aromatic rings. The van der Waals surface area contributed by atoms with E-state index in [0.29, 0.717) is 42.4 Å². The number of pyridine rings is 1. The summed E-state index contributed by atoms with van der Waals surface area (Å²) in [5.41, 5.74) is 0.471. The van der Waals surface area contributed by atoms with Gasteiger partial charge in [-0.05, 0) is 18.9 Å². The Morgan fingerprint density at radius 3 is 2.48 bits per heavy atom. The zero-order valence-electron chi connectivity index (χ0n) is 16.5. The van der Waals surface area contributed by atoms with Crippen LogP contribution in [0.3, 0.4) is 0 Å². The molecule has 0 aromatic carbocycles. The monoisotopic (exact) mass is 399 g/mol. The Kier molecular flexibility index (Phi) is 5.99. The molecule has 2 fully saturated rings. The van der Waals surface area contributed by atoms with Gasteiger partial charge in [-0.15, -0.1) is 0 Å². The first-order valence-corrected chi connectivity index (χ1v) is 9.84. The molecular formula is C19H25N7O3. The molecule has 10 heteroatoms. The zero-order valence-corrected chi connectivity index (χ0v) is 16.5. The normalized spacial score (nSPS) is 16.7. The van der Waals surface area contributed by atoms with E-state index in [4.69, 9.17) is 9.47 Å². The number of rotatable bonds is 6. The van der Waals surface area contributed by atoms with Crippen LogP contribution < -0.4 is 19.9 Å². The maximum Gasteiger partial charge on any atom is 0.251 e. The largest absolute Gasteiger partial charge is 0.481 e. The average molecular weight is 399 g/mol. The molecule has 0 bridgehead atoms. The molecular weight excluding hydrogens is 374 g/mol. The number of nitrogens with one attached hydrogen (secondary N) is 1. The van der Waals surface area contributed by atoms with Crippen LogP contribution in [0.5, 0.6) is 5.88 Å². The summed E-state index contributed by atoms with van der Waals surface area (Å²) in [6.45, 7) is 4.88. The SMILES string of the molecule is COc1cc(C(=O)NCc2nc(N3CCCC3)nc(N3CCOCC3)n2)ccn1. The number of morpholine rings is 1. The smallest absolute Gasteiger partial charge is 0.251 e. The third-order valence-corrected chi connectivity index (χ3v) is 4.95. The van der Waals surface area contributed by atoms with Gasteiger partial charge in [0.05, 0.1) is 26.9 Å². The van der Waals surface area contributed by atoms with E-state index in [1.165, 1.54) is 7.11 Å². The topological polar surface area (TPSA) is 106 Å². The van der Waals surface area contributed by atoms with E-state index in [1.54, 1.807) is 18.3 Å². The maximum absolute atomic E-state index is 12.5. The summed E-state index contributed by atoms with van der Waals surface area (Å²) < 4.78 is 10.5. The van der Waals surface area contributed by atoms with E-state index < -0.39 is 0 Å². The van der Waals surface area contributed by atoms with Gasteiger partial charge in [-0.3, -0.25) is 4.79 Å². The summed E-state index contributed by atoms with van der Waals surface area (Å²) in [4.78, 5) is 34.7. The van der Waals surface area contributed by atoms with Crippen molar-refractivity contribution in [3.8, 4) is 5.88 Å². The van der Waals surface area contributed by atoms with Gasteiger partial charge in [-0.1, -0.05) is 0 Å². The van der Waals surface area contributed by atoms with Crippen molar-refractivity contribution in [2.75, 3.05) is 56.3 Å². The van der Waals surface area contributed by atoms with Gasteiger partial charge in [0.15, 0.2) is 5.82 Å². The molecule has 154 valence electrons. The molecule has 1 amide bonds. The van der Waals surface area contributed by atoms with Crippen LogP contribution in [0.1, 0.15) is 29.0 Å². The van der Waals surface area contributed by atoms with Gasteiger partial charge in [0, 0.05) is 44.0 Å². The van der Waals surface area contributed by atoms with Crippen LogP contribution in [0.25, 0.3) is 0 Å². The molecule has 2 aliphatic rings. The number of carbonyl (C=O) groups excluding carboxylic acids is 1. The Hall–Kier alpha value is -3.01. The van der Waals surface area contributed by atoms with Crippen molar-refractivity contribution in [1.82, 2.24) is 25.3 Å². The van der Waals surface area contributed by atoms with Gasteiger partial charge < -0.3 is 24.6 Å². The van der Waals surface area contributed by atoms with Gasteiger partial charge >= 0.3 is 0 Å². The number of amides is 1. The van der Waals surface area contributed by atoms with Crippen LogP contribution in [-0.2, 0) is 11.3 Å². The fourth-order valence-corrected chi connectivity index (χ4v) is 3.36. The first-order chi connectivity index (χ1) is 14.2. The van der Waals surface area contributed by atoms with Gasteiger partial charge in [0.2, 0.25) is 17.8 Å². The van der Waals surface area contributed by atoms with Crippen molar-refractivity contribution in [2.24, 2.45) is 0 Å². The number of ether oxygens (including phenoxy) is 2. The van der Waals surface area contributed by atoms with Crippen molar-refractivity contribution < 1.29 is 14.3 Å². The van der Waals surface area contributed by atoms with Crippen molar-refractivity contribution in [3.63, 3.8) is 0 Å². The lowest BCUT2D eigenvalue weighted by molar-refractivity contribution is 0.0949. The third kappa shape index (κ3) is 4.70. The number of hydrogen-bond acceptors (Lipinski definition) is 9. The molecule has 0 unspecified atom stereocenters. The Labute approximate surface area is 169 Å². The summed E-state index contributed by atoms with van der Waals surface area (Å²) in [7, 11) is 1.52. The molecule has 0 radical (unpaired) electrons. The number of aromatic nitrogens is 4. The van der Waals surface area contributed by atoms with E-state index in [2.05, 4.69) is 35.1 Å². The zero-order chi connectivity index (χ0) is 20.1. The van der Waals surface area contributed by atoms with Crippen molar-refractivity contribution in [3.05, 3.63) is 29.7 Å². The second-order valence-electron chi connectivity index (χ2n) is 6.91. The number of nitrogens with zero attached hydrogens (tertiary/aromatic N) is 6. The number of carbonyl (C=O) groups is 1. The molecule has 10 nitrogen and oxygen atoms in total. The lowest BCUT2D eigenvalue weighted by atomic mass is 10.2. The van der Waals surface area contributed by atoms with Gasteiger partial charge in [0.25, 0.3) is 5.91 Å². The molecule has 4 rings (SSSR count). The summed E-state index contributed by atoms with van der Waals surface area (Å²) in [5, 5.41) is 2.88. The Morgan fingerprint density at radius 2 is 1.79 bits per heavy atom. The van der Waals surface area contributed by atoms with Gasteiger partial charge in [-0.2, -0.15) is 15.0 Å². The minimum Gasteiger partial charge on any atom is -0.481 e. The lowest BCUT2D eigenvalue weighted by Crippen LogP contribution is -2.38. The quantitative estimate of drug-likeness (QED) is 0.749. The summed E-state index contributed by atoms with van der Waals surface area (Å²) in [6, 6.07) is 3.23. The highest BCUT2D eigenvalue weighted by Gasteiger charge is 2.21. The van der Waals surface area contributed by atoms with E-state index >= 15 is 0 Å². The Balaban J connectivity index is 1.51. The van der Waals surface area contributed by atoms with Gasteiger partial charge in [-0.25, -0.2) is 4.98 Å². The minimum atomic E-state index is -0.234. The highest BCUT2D eigenvalue weighted by Crippen LogP contribution is 2.19. The van der Waals surface area contributed by atoms with E-state index in [1.807, 2.05) is 0 Å². The third-order valence-electron chi connectivity index (χ3n) is 4.95. The molecule has 1 N–H and O–H groups in total. The first-order valence-electron chi connectivity index (χ1n) is 9.84. The second kappa shape index (κ2) is 8.99. The Morgan fingerprint density at radius 1 is 1.10 bits per heavy atom. The van der Waals surface area contributed by atoms with E-state index in [-0.39, 0.29) is 12.5 Å². The highest BCUT2D eigenvalue weighted by molar-refractivity contribution is 5.94. The summed E-state index contributed by atoms with van der Waals surface area (Å²) >= 11 is 0. The van der Waals surface area contributed by atoms with Crippen molar-refractivity contribution in [1.29, 1.82) is 0 Å². The number of methoxy groups -OCH3 is 1. The first kappa shape index (κ1) is 19.3. The van der Waals surface area contributed by atoms with E-state index in [9.17, 15) is 4.79 Å².